The highest BCUT2D eigenvalue weighted by Crippen LogP contribution is 2.36. The van der Waals surface area contributed by atoms with E-state index in [1.54, 1.807) is 49.4 Å². The van der Waals surface area contributed by atoms with E-state index in [1.165, 1.54) is 29.1 Å². The third kappa shape index (κ3) is 6.31. The smallest absolute Gasteiger partial charge is 0.334 e. The third-order valence-electron chi connectivity index (χ3n) is 6.50. The number of aromatic nitrogens is 3. The van der Waals surface area contributed by atoms with Crippen LogP contribution in [-0.2, 0) is 12.7 Å². The standard InChI is InChI=1S/C29H22ClF3N6O4/c1-16-4-2-3-5-20(16)25(40)37-39-24-13-23(21(29(31,32)33)12-22(24)36-26(41)27(39)42)38-11-10-17(15-38)14-34-28(43)35-19-8-6-18(30)7-9-19/h2-13,15H,14H2,1H3,(H,36,41)(H,37,40)(H2,34,35,43). The van der Waals surface area contributed by atoms with Crippen LogP contribution in [0.5, 0.6) is 0 Å². The number of aromatic amines is 1. The van der Waals surface area contributed by atoms with Crippen LogP contribution in [0.15, 0.2) is 88.7 Å². The molecule has 4 N–H and O–H groups in total. The lowest BCUT2D eigenvalue weighted by Crippen LogP contribution is -2.42. The van der Waals surface area contributed by atoms with Gasteiger partial charge >= 0.3 is 23.3 Å². The molecule has 0 unspecified atom stereocenters. The Bertz CT molecular complexity index is 1980. The average molecular weight is 611 g/mol. The number of hydrogen-bond donors (Lipinski definition) is 4. The van der Waals surface area contributed by atoms with E-state index in [1.807, 2.05) is 0 Å². The van der Waals surface area contributed by atoms with Crippen LogP contribution >= 0.6 is 11.6 Å². The highest BCUT2D eigenvalue weighted by Gasteiger charge is 2.35. The average Bonchev–Trinajstić information content (AvgIpc) is 3.44. The van der Waals surface area contributed by atoms with E-state index in [9.17, 15) is 32.3 Å². The Hall–Kier alpha value is -5.30. The minimum absolute atomic E-state index is 0.0220. The van der Waals surface area contributed by atoms with Gasteiger partial charge in [-0.2, -0.15) is 13.2 Å². The van der Waals surface area contributed by atoms with Crippen molar-refractivity contribution in [2.75, 3.05) is 10.7 Å². The van der Waals surface area contributed by atoms with Crippen molar-refractivity contribution in [2.45, 2.75) is 19.6 Å². The number of anilines is 1. The van der Waals surface area contributed by atoms with Gasteiger partial charge in [0.05, 0.1) is 22.3 Å². The molecule has 220 valence electrons. The summed E-state index contributed by atoms with van der Waals surface area (Å²) in [5.74, 6) is -0.736. The Balaban J connectivity index is 1.49. The zero-order valence-electron chi connectivity index (χ0n) is 22.3. The van der Waals surface area contributed by atoms with Crippen LogP contribution in [0.3, 0.4) is 0 Å². The molecule has 5 aromatic rings. The number of fused-ring (bicyclic) bond motifs is 1. The number of nitrogens with zero attached hydrogens (tertiary/aromatic N) is 2. The first-order valence-corrected chi connectivity index (χ1v) is 13.0. The normalized spacial score (nSPS) is 11.4. The van der Waals surface area contributed by atoms with Crippen molar-refractivity contribution in [3.05, 3.63) is 127 Å². The summed E-state index contributed by atoms with van der Waals surface area (Å²) in [6, 6.07) is 15.6. The summed E-state index contributed by atoms with van der Waals surface area (Å²) < 4.78 is 44.4. The number of alkyl halides is 3. The lowest BCUT2D eigenvalue weighted by atomic mass is 10.1. The molecule has 2 aromatic heterocycles. The molecular formula is C29H22ClF3N6O4. The SMILES string of the molecule is Cc1ccccc1C(=O)Nn1c(=O)c(=O)[nH]c2cc(C(F)(F)F)c(-n3ccc(CNC(=O)Nc4ccc(Cl)cc4)c3)cc21. The Morgan fingerprint density at radius 1 is 1.00 bits per heavy atom. The Kier molecular flexibility index (Phi) is 7.83. The zero-order chi connectivity index (χ0) is 30.9. The molecule has 0 atom stereocenters. The predicted molar refractivity (Wildman–Crippen MR) is 155 cm³/mol. The number of H-pyrrole nitrogens is 1. The van der Waals surface area contributed by atoms with Gasteiger partial charge in [-0.1, -0.05) is 29.8 Å². The van der Waals surface area contributed by atoms with Gasteiger partial charge in [0.25, 0.3) is 5.91 Å². The number of amides is 3. The lowest BCUT2D eigenvalue weighted by Gasteiger charge is -2.18. The topological polar surface area (TPSA) is 130 Å². The molecule has 0 saturated heterocycles. The Labute approximate surface area is 245 Å². The van der Waals surface area contributed by atoms with E-state index in [-0.39, 0.29) is 28.8 Å². The van der Waals surface area contributed by atoms with Gasteiger partial charge in [0.15, 0.2) is 0 Å². The van der Waals surface area contributed by atoms with E-state index >= 15 is 0 Å². The van der Waals surface area contributed by atoms with Crippen LogP contribution in [0, 0.1) is 6.92 Å². The highest BCUT2D eigenvalue weighted by atomic mass is 35.5. The monoisotopic (exact) mass is 610 g/mol. The van der Waals surface area contributed by atoms with Crippen LogP contribution in [0.1, 0.15) is 27.0 Å². The molecule has 0 aliphatic heterocycles. The van der Waals surface area contributed by atoms with E-state index in [2.05, 4.69) is 21.0 Å². The van der Waals surface area contributed by atoms with Crippen molar-refractivity contribution in [2.24, 2.45) is 0 Å². The van der Waals surface area contributed by atoms with Gasteiger partial charge in [0.1, 0.15) is 0 Å². The second kappa shape index (κ2) is 11.5. The van der Waals surface area contributed by atoms with Gasteiger partial charge in [-0.15, -0.1) is 0 Å². The van der Waals surface area contributed by atoms with Crippen molar-refractivity contribution in [1.29, 1.82) is 0 Å². The molecule has 10 nitrogen and oxygen atoms in total. The number of urea groups is 1. The second-order valence-corrected chi connectivity index (χ2v) is 9.91. The van der Waals surface area contributed by atoms with Gasteiger partial charge < -0.3 is 20.2 Å². The fraction of sp³-hybridized carbons (Fsp3) is 0.103. The number of hydrogen-bond acceptors (Lipinski definition) is 4. The van der Waals surface area contributed by atoms with Crippen molar-refractivity contribution in [3.63, 3.8) is 0 Å². The number of halogens is 4. The van der Waals surface area contributed by atoms with Gasteiger partial charge in [-0.25, -0.2) is 9.47 Å². The van der Waals surface area contributed by atoms with E-state index in [0.29, 0.717) is 32.6 Å². The van der Waals surface area contributed by atoms with Crippen molar-refractivity contribution in [3.8, 4) is 5.69 Å². The van der Waals surface area contributed by atoms with Crippen molar-refractivity contribution < 1.29 is 22.8 Å². The van der Waals surface area contributed by atoms with Gasteiger partial charge in [-0.3, -0.25) is 19.8 Å². The van der Waals surface area contributed by atoms with E-state index in [4.69, 9.17) is 11.6 Å². The summed E-state index contributed by atoms with van der Waals surface area (Å²) in [5.41, 5.74) is -0.318. The quantitative estimate of drug-likeness (QED) is 0.198. The van der Waals surface area contributed by atoms with E-state index < -0.39 is 34.8 Å². The molecule has 2 heterocycles. The minimum Gasteiger partial charge on any atom is -0.334 e. The molecular weight excluding hydrogens is 589 g/mol. The number of carbonyl (C=O) groups excluding carboxylic acids is 2. The maximum atomic E-state index is 14.2. The van der Waals surface area contributed by atoms with Gasteiger partial charge in [-0.05, 0) is 66.6 Å². The molecule has 0 radical (unpaired) electrons. The molecule has 0 aliphatic carbocycles. The zero-order valence-corrected chi connectivity index (χ0v) is 23.0. The fourth-order valence-corrected chi connectivity index (χ4v) is 4.50. The van der Waals surface area contributed by atoms with E-state index in [0.717, 1.165) is 6.07 Å². The Morgan fingerprint density at radius 2 is 1.72 bits per heavy atom. The molecule has 0 bridgehead atoms. The number of carbonyl (C=O) groups is 2. The summed E-state index contributed by atoms with van der Waals surface area (Å²) in [6.45, 7) is 1.65. The largest absolute Gasteiger partial charge is 0.418 e. The predicted octanol–water partition coefficient (Wildman–Crippen LogP) is 5.17. The highest BCUT2D eigenvalue weighted by molar-refractivity contribution is 6.30. The maximum absolute atomic E-state index is 14.2. The number of benzene rings is 3. The van der Waals surface area contributed by atoms with Crippen LogP contribution in [0.2, 0.25) is 5.02 Å². The van der Waals surface area contributed by atoms with Crippen LogP contribution < -0.4 is 27.2 Å². The molecule has 0 aliphatic rings. The number of nitrogens with one attached hydrogen (secondary N) is 4. The summed E-state index contributed by atoms with van der Waals surface area (Å²) >= 11 is 5.84. The lowest BCUT2D eigenvalue weighted by molar-refractivity contribution is -0.137. The van der Waals surface area contributed by atoms with Crippen LogP contribution in [0.4, 0.5) is 23.7 Å². The number of aryl methyl sites for hydroxylation is 1. The first kappa shape index (κ1) is 29.2. The molecule has 14 heteroatoms. The third-order valence-corrected chi connectivity index (χ3v) is 6.75. The first-order valence-electron chi connectivity index (χ1n) is 12.7. The summed E-state index contributed by atoms with van der Waals surface area (Å²) in [6.07, 6.45) is -2.13. The number of rotatable bonds is 6. The Morgan fingerprint density at radius 3 is 2.42 bits per heavy atom. The van der Waals surface area contributed by atoms with Crippen LogP contribution in [-0.4, -0.2) is 26.2 Å². The second-order valence-electron chi connectivity index (χ2n) is 9.48. The molecule has 0 saturated carbocycles. The summed E-state index contributed by atoms with van der Waals surface area (Å²) in [5, 5.41) is 5.72. The molecule has 3 aromatic carbocycles. The minimum atomic E-state index is -4.85. The van der Waals surface area contributed by atoms with Gasteiger partial charge in [0.2, 0.25) is 0 Å². The molecule has 3 amide bonds. The summed E-state index contributed by atoms with van der Waals surface area (Å²) in [7, 11) is 0. The molecule has 0 spiro atoms. The van der Waals surface area contributed by atoms with Gasteiger partial charge in [0, 0.05) is 35.2 Å². The molecule has 0 fully saturated rings. The maximum Gasteiger partial charge on any atom is 0.418 e. The molecule has 5 rings (SSSR count). The van der Waals surface area contributed by atoms with Crippen LogP contribution in [0.25, 0.3) is 16.7 Å². The summed E-state index contributed by atoms with van der Waals surface area (Å²) in [4.78, 5) is 52.5. The first-order chi connectivity index (χ1) is 20.4. The van der Waals surface area contributed by atoms with Crippen molar-refractivity contribution in [1.82, 2.24) is 19.5 Å². The fourth-order valence-electron chi connectivity index (χ4n) is 4.38. The molecule has 43 heavy (non-hydrogen) atoms. The van der Waals surface area contributed by atoms with Crippen molar-refractivity contribution >= 4 is 40.3 Å².